The maximum absolute atomic E-state index is 12.8. The van der Waals surface area contributed by atoms with Crippen LogP contribution in [0.2, 0.25) is 0 Å². The molecular weight excluding hydrogens is 404 g/mol. The lowest BCUT2D eigenvalue weighted by Crippen LogP contribution is -2.53. The molecule has 1 amide bonds. The summed E-state index contributed by atoms with van der Waals surface area (Å²) in [5, 5.41) is 15.2. The van der Waals surface area contributed by atoms with Crippen LogP contribution in [-0.2, 0) is 16.6 Å². The largest absolute Gasteiger partial charge is 0.376 e. The molecule has 7 nitrogen and oxygen atoms in total. The van der Waals surface area contributed by atoms with E-state index in [0.29, 0.717) is 17.2 Å². The fourth-order valence-electron chi connectivity index (χ4n) is 4.28. The van der Waals surface area contributed by atoms with Crippen molar-refractivity contribution in [2.75, 3.05) is 11.9 Å². The summed E-state index contributed by atoms with van der Waals surface area (Å²) in [5.41, 5.74) is 0.935. The smallest absolute Gasteiger partial charge is 0.274 e. The van der Waals surface area contributed by atoms with E-state index in [9.17, 15) is 9.59 Å². The molecule has 0 aromatic carbocycles. The average molecular weight is 431 g/mol. The molecule has 2 saturated carbocycles. The number of pyridine rings is 1. The van der Waals surface area contributed by atoms with E-state index in [0.717, 1.165) is 19.4 Å². The van der Waals surface area contributed by atoms with Crippen LogP contribution in [-0.4, -0.2) is 40.6 Å². The molecule has 0 spiro atoms. The van der Waals surface area contributed by atoms with Crippen LogP contribution in [0.1, 0.15) is 38.3 Å². The zero-order valence-electron chi connectivity index (χ0n) is 17.2. The number of ether oxygens (including phenoxy) is 1. The number of nitriles is 1. The van der Waals surface area contributed by atoms with Crippen LogP contribution < -0.4 is 16.2 Å². The molecule has 4 rings (SSSR count). The first-order valence-corrected chi connectivity index (χ1v) is 11.0. The number of aromatic nitrogens is 1. The fraction of sp³-hybridized carbons (Fsp3) is 0.591. The Morgan fingerprint density at radius 1 is 1.37 bits per heavy atom. The van der Waals surface area contributed by atoms with E-state index in [1.54, 1.807) is 19.2 Å². The number of halogens is 1. The Bertz CT molecular complexity index is 962. The molecule has 30 heavy (non-hydrogen) atoms. The molecule has 160 valence electrons. The van der Waals surface area contributed by atoms with Crippen LogP contribution in [0.15, 0.2) is 28.6 Å². The van der Waals surface area contributed by atoms with Gasteiger partial charge >= 0.3 is 0 Å². The number of fused-ring (bicyclic) bond motifs is 1. The Balaban J connectivity index is 1.46. The molecular formula is C22H27ClN4O3. The Labute approximate surface area is 181 Å². The molecule has 0 radical (unpaired) electrons. The van der Waals surface area contributed by atoms with Gasteiger partial charge in [-0.2, -0.15) is 5.26 Å². The van der Waals surface area contributed by atoms with Gasteiger partial charge in [-0.05, 0) is 56.6 Å². The molecule has 2 heterocycles. The van der Waals surface area contributed by atoms with E-state index in [1.807, 2.05) is 19.1 Å². The highest BCUT2D eigenvalue weighted by atomic mass is 35.5. The van der Waals surface area contributed by atoms with E-state index in [-0.39, 0.29) is 46.6 Å². The van der Waals surface area contributed by atoms with Crippen molar-refractivity contribution in [3.05, 3.63) is 39.8 Å². The standard InChI is InChI=1S/C22H27ClN4O3/c1-12(25-18-6-5-15(10-24)27(2)22(18)29)16-7-14-8-17(23)20(30-11-13-3-4-13)9-19(14)26-21(16)28/h5-7,12-14,17,19-20,25H,3-4,8-9,11H2,1-2H3,(H,26,28)/t12-,14?,17?,19?,20?/m0/s1. The highest BCUT2D eigenvalue weighted by Gasteiger charge is 2.41. The van der Waals surface area contributed by atoms with Gasteiger partial charge < -0.3 is 19.9 Å². The van der Waals surface area contributed by atoms with Crippen molar-refractivity contribution in [2.45, 2.75) is 56.2 Å². The number of nitrogens with zero attached hydrogens (tertiary/aromatic N) is 2. The van der Waals surface area contributed by atoms with Gasteiger partial charge in [-0.3, -0.25) is 9.59 Å². The number of anilines is 1. The topological polar surface area (TPSA) is 96.2 Å². The first-order valence-electron chi connectivity index (χ1n) is 10.5. The number of nitrogens with one attached hydrogen (secondary N) is 2. The van der Waals surface area contributed by atoms with E-state index in [2.05, 4.69) is 10.6 Å². The van der Waals surface area contributed by atoms with E-state index in [1.165, 1.54) is 17.4 Å². The molecule has 0 bridgehead atoms. The number of hydrogen-bond donors (Lipinski definition) is 2. The van der Waals surface area contributed by atoms with E-state index < -0.39 is 0 Å². The van der Waals surface area contributed by atoms with Crippen molar-refractivity contribution in [3.8, 4) is 6.07 Å². The maximum atomic E-state index is 12.8. The van der Waals surface area contributed by atoms with Crippen molar-refractivity contribution in [3.63, 3.8) is 0 Å². The minimum absolute atomic E-state index is 0.0236. The second-order valence-electron chi connectivity index (χ2n) is 8.64. The summed E-state index contributed by atoms with van der Waals surface area (Å²) < 4.78 is 7.32. The van der Waals surface area contributed by atoms with Gasteiger partial charge in [0.25, 0.3) is 5.56 Å². The lowest BCUT2D eigenvalue weighted by molar-refractivity contribution is -0.120. The lowest BCUT2D eigenvalue weighted by Gasteiger charge is -2.41. The highest BCUT2D eigenvalue weighted by Crippen LogP contribution is 2.36. The molecule has 8 heteroatoms. The van der Waals surface area contributed by atoms with Gasteiger partial charge in [0.2, 0.25) is 5.91 Å². The predicted molar refractivity (Wildman–Crippen MR) is 114 cm³/mol. The molecule has 2 N–H and O–H groups in total. The summed E-state index contributed by atoms with van der Waals surface area (Å²) in [7, 11) is 1.55. The minimum Gasteiger partial charge on any atom is -0.376 e. The minimum atomic E-state index is -0.357. The van der Waals surface area contributed by atoms with Gasteiger partial charge in [0.15, 0.2) is 0 Å². The average Bonchev–Trinajstić information content (AvgIpc) is 3.54. The molecule has 1 aromatic rings. The second-order valence-corrected chi connectivity index (χ2v) is 9.20. The molecule has 2 aliphatic carbocycles. The summed E-state index contributed by atoms with van der Waals surface area (Å²) in [6.07, 6.45) is 5.92. The number of carbonyl (C=O) groups is 1. The fourth-order valence-corrected chi connectivity index (χ4v) is 4.66. The van der Waals surface area contributed by atoms with Crippen molar-refractivity contribution in [1.29, 1.82) is 5.26 Å². The zero-order chi connectivity index (χ0) is 21.4. The number of hydrogen-bond acceptors (Lipinski definition) is 5. The van der Waals surface area contributed by atoms with Crippen molar-refractivity contribution < 1.29 is 9.53 Å². The molecule has 2 fully saturated rings. The Morgan fingerprint density at radius 3 is 2.83 bits per heavy atom. The van der Waals surface area contributed by atoms with Crippen molar-refractivity contribution in [1.82, 2.24) is 9.88 Å². The van der Waals surface area contributed by atoms with Crippen molar-refractivity contribution in [2.24, 2.45) is 18.9 Å². The highest BCUT2D eigenvalue weighted by molar-refractivity contribution is 6.21. The van der Waals surface area contributed by atoms with Crippen LogP contribution in [0.25, 0.3) is 0 Å². The quantitative estimate of drug-likeness (QED) is 0.675. The lowest BCUT2D eigenvalue weighted by atomic mass is 9.78. The Morgan fingerprint density at radius 2 is 2.13 bits per heavy atom. The first kappa shape index (κ1) is 21.0. The van der Waals surface area contributed by atoms with E-state index in [4.69, 9.17) is 21.6 Å². The normalized spacial score (nSPS) is 29.3. The van der Waals surface area contributed by atoms with Gasteiger partial charge in [-0.1, -0.05) is 6.08 Å². The monoisotopic (exact) mass is 430 g/mol. The second kappa shape index (κ2) is 8.44. The molecule has 1 aliphatic heterocycles. The summed E-state index contributed by atoms with van der Waals surface area (Å²) in [4.78, 5) is 25.2. The summed E-state index contributed by atoms with van der Waals surface area (Å²) in [5.74, 6) is 0.700. The zero-order valence-corrected chi connectivity index (χ0v) is 18.0. The third-order valence-corrected chi connectivity index (χ3v) is 6.84. The third-order valence-electron chi connectivity index (χ3n) is 6.38. The van der Waals surface area contributed by atoms with Gasteiger partial charge in [0, 0.05) is 25.3 Å². The van der Waals surface area contributed by atoms with Crippen LogP contribution in [0.4, 0.5) is 5.69 Å². The first-order chi connectivity index (χ1) is 14.4. The number of carbonyl (C=O) groups excluding carboxylic acids is 1. The molecule has 4 unspecified atom stereocenters. The number of alkyl halides is 1. The predicted octanol–water partition coefficient (Wildman–Crippen LogP) is 2.29. The molecule has 5 atom stereocenters. The summed E-state index contributed by atoms with van der Waals surface area (Å²) in [6, 6.07) is 4.82. The van der Waals surface area contributed by atoms with Crippen LogP contribution in [0, 0.1) is 23.2 Å². The Kier molecular flexibility index (Phi) is 5.90. The van der Waals surface area contributed by atoms with Crippen molar-refractivity contribution >= 4 is 23.2 Å². The van der Waals surface area contributed by atoms with E-state index >= 15 is 0 Å². The molecule has 0 saturated heterocycles. The SMILES string of the molecule is C[C@H](Nc1ccc(C#N)n(C)c1=O)C1=CC2CC(Cl)C(OCC3CC3)CC2NC1=O. The molecule has 1 aromatic heterocycles. The van der Waals surface area contributed by atoms with Crippen LogP contribution >= 0.6 is 11.6 Å². The van der Waals surface area contributed by atoms with Gasteiger partial charge in [-0.25, -0.2) is 0 Å². The number of amides is 1. The number of rotatable bonds is 6. The van der Waals surface area contributed by atoms with Gasteiger partial charge in [0.05, 0.1) is 17.5 Å². The van der Waals surface area contributed by atoms with Gasteiger partial charge in [-0.15, -0.1) is 11.6 Å². The summed E-state index contributed by atoms with van der Waals surface area (Å²) >= 11 is 6.61. The summed E-state index contributed by atoms with van der Waals surface area (Å²) in [6.45, 7) is 2.62. The third kappa shape index (κ3) is 4.26. The molecule has 3 aliphatic rings. The maximum Gasteiger partial charge on any atom is 0.274 e. The van der Waals surface area contributed by atoms with Crippen LogP contribution in [0.3, 0.4) is 0 Å². The Hall–Kier alpha value is -2.30. The van der Waals surface area contributed by atoms with Gasteiger partial charge in [0.1, 0.15) is 17.5 Å². The van der Waals surface area contributed by atoms with Crippen LogP contribution in [0.5, 0.6) is 0 Å².